The fourth-order valence-electron chi connectivity index (χ4n) is 0.806. The zero-order chi connectivity index (χ0) is 6.81. The van der Waals surface area contributed by atoms with Crippen LogP contribution in [0.2, 0.25) is 0 Å². The quantitative estimate of drug-likeness (QED) is 0.607. The van der Waals surface area contributed by atoms with Crippen molar-refractivity contribution in [1.29, 1.82) is 0 Å². The van der Waals surface area contributed by atoms with Crippen LogP contribution in [0, 0.1) is 0 Å². The molecule has 0 amide bonds. The highest BCUT2D eigenvalue weighted by molar-refractivity contribution is 7.12. The number of hydrogen-bond acceptors (Lipinski definition) is 2. The molecular weight excluding hydrogens is 144 g/mol. The van der Waals surface area contributed by atoms with Gasteiger partial charge in [0.25, 0.3) is 0 Å². The van der Waals surface area contributed by atoms with Gasteiger partial charge in [-0.15, -0.1) is 11.3 Å². The van der Waals surface area contributed by atoms with Crippen LogP contribution in [-0.2, 0) is 0 Å². The minimum atomic E-state index is 1.21. The average molecular weight is 150 g/mol. The van der Waals surface area contributed by atoms with Gasteiger partial charge in [-0.3, -0.25) is 4.57 Å². The maximum atomic E-state index is 3.95. The first-order valence-electron chi connectivity index (χ1n) is 2.98. The molecule has 2 rings (SSSR count). The van der Waals surface area contributed by atoms with Crippen molar-refractivity contribution in [3.8, 4) is 5.00 Å². The van der Waals surface area contributed by atoms with E-state index in [0.717, 1.165) is 0 Å². The van der Waals surface area contributed by atoms with Gasteiger partial charge in [-0.05, 0) is 17.5 Å². The number of rotatable bonds is 1. The Bertz CT molecular complexity index is 251. The van der Waals surface area contributed by atoms with Gasteiger partial charge in [0.05, 0.1) is 6.33 Å². The monoisotopic (exact) mass is 150 g/mol. The summed E-state index contributed by atoms with van der Waals surface area (Å²) in [6, 6.07) is 4.09. The van der Waals surface area contributed by atoms with Crippen LogP contribution in [0.15, 0.2) is 36.2 Å². The van der Waals surface area contributed by atoms with E-state index in [2.05, 4.69) is 16.4 Å². The van der Waals surface area contributed by atoms with Gasteiger partial charge in [0.2, 0.25) is 0 Å². The first-order chi connectivity index (χ1) is 4.97. The molecule has 3 heteroatoms. The van der Waals surface area contributed by atoms with E-state index in [1.807, 2.05) is 16.8 Å². The van der Waals surface area contributed by atoms with E-state index in [-0.39, 0.29) is 0 Å². The molecule has 0 fully saturated rings. The maximum Gasteiger partial charge on any atom is 0.100 e. The van der Waals surface area contributed by atoms with E-state index in [1.54, 1.807) is 23.9 Å². The molecule has 0 aliphatic heterocycles. The number of aromatic nitrogens is 2. The molecule has 0 N–H and O–H groups in total. The van der Waals surface area contributed by atoms with Crippen molar-refractivity contribution < 1.29 is 0 Å². The summed E-state index contributed by atoms with van der Waals surface area (Å²) in [5.41, 5.74) is 0. The van der Waals surface area contributed by atoms with Crippen LogP contribution in [0.1, 0.15) is 0 Å². The first-order valence-corrected chi connectivity index (χ1v) is 3.86. The van der Waals surface area contributed by atoms with E-state index in [1.165, 1.54) is 5.00 Å². The maximum absolute atomic E-state index is 3.95. The second kappa shape index (κ2) is 2.27. The smallest absolute Gasteiger partial charge is 0.100 e. The topological polar surface area (TPSA) is 17.8 Å². The summed E-state index contributed by atoms with van der Waals surface area (Å²) < 4.78 is 1.99. The Kier molecular flexibility index (Phi) is 1.29. The molecule has 0 aromatic carbocycles. The third-order valence-electron chi connectivity index (χ3n) is 1.27. The van der Waals surface area contributed by atoms with E-state index < -0.39 is 0 Å². The molecule has 50 valence electrons. The summed E-state index contributed by atoms with van der Waals surface area (Å²) in [6.45, 7) is 0. The van der Waals surface area contributed by atoms with Crippen molar-refractivity contribution in [2.75, 3.05) is 0 Å². The predicted molar refractivity (Wildman–Crippen MR) is 41.4 cm³/mol. The lowest BCUT2D eigenvalue weighted by molar-refractivity contribution is 1.09. The molecule has 2 aromatic rings. The Balaban J connectivity index is 2.48. The molecule has 0 aliphatic carbocycles. The normalized spacial score (nSPS) is 10.0. The van der Waals surface area contributed by atoms with E-state index in [4.69, 9.17) is 0 Å². The lowest BCUT2D eigenvalue weighted by Gasteiger charge is -1.92. The standard InChI is InChI=1S/C7H6N2S/c1-2-7(10-5-1)9-4-3-8-6-9/h1-6H. The molecule has 0 saturated heterocycles. The van der Waals surface area contributed by atoms with Gasteiger partial charge >= 0.3 is 0 Å². The van der Waals surface area contributed by atoms with Crippen molar-refractivity contribution in [1.82, 2.24) is 9.55 Å². The van der Waals surface area contributed by atoms with Crippen molar-refractivity contribution in [2.24, 2.45) is 0 Å². The molecule has 2 aromatic heterocycles. The Morgan fingerprint density at radius 1 is 1.50 bits per heavy atom. The summed E-state index contributed by atoms with van der Waals surface area (Å²) in [6.07, 6.45) is 5.51. The SMILES string of the molecule is c1csc(-n2ccnc2)c1. The Labute approximate surface area is 62.8 Å². The van der Waals surface area contributed by atoms with Crippen LogP contribution < -0.4 is 0 Å². The summed E-state index contributed by atoms with van der Waals surface area (Å²) >= 11 is 1.70. The largest absolute Gasteiger partial charge is 0.298 e. The van der Waals surface area contributed by atoms with Crippen LogP contribution in [0.3, 0.4) is 0 Å². The Morgan fingerprint density at radius 2 is 2.50 bits per heavy atom. The van der Waals surface area contributed by atoms with Crippen molar-refractivity contribution in [3.05, 3.63) is 36.2 Å². The van der Waals surface area contributed by atoms with Crippen molar-refractivity contribution in [2.45, 2.75) is 0 Å². The first kappa shape index (κ1) is 5.68. The second-order valence-electron chi connectivity index (χ2n) is 1.92. The van der Waals surface area contributed by atoms with Crippen LogP contribution in [-0.4, -0.2) is 9.55 Å². The van der Waals surface area contributed by atoms with Crippen LogP contribution in [0.25, 0.3) is 5.00 Å². The zero-order valence-corrected chi connectivity index (χ0v) is 6.08. The molecule has 0 atom stereocenters. The number of imidazole rings is 1. The number of thiophene rings is 1. The van der Waals surface area contributed by atoms with Crippen LogP contribution in [0.4, 0.5) is 0 Å². The molecule has 0 saturated carbocycles. The highest BCUT2D eigenvalue weighted by Gasteiger charge is 1.92. The molecule has 0 radical (unpaired) electrons. The highest BCUT2D eigenvalue weighted by atomic mass is 32.1. The van der Waals surface area contributed by atoms with Crippen molar-refractivity contribution in [3.63, 3.8) is 0 Å². The molecule has 0 unspecified atom stereocenters. The lowest BCUT2D eigenvalue weighted by Crippen LogP contribution is -1.82. The van der Waals surface area contributed by atoms with Crippen LogP contribution >= 0.6 is 11.3 Å². The van der Waals surface area contributed by atoms with Crippen molar-refractivity contribution >= 4 is 11.3 Å². The molecule has 10 heavy (non-hydrogen) atoms. The van der Waals surface area contributed by atoms with E-state index >= 15 is 0 Å². The molecule has 0 aliphatic rings. The van der Waals surface area contributed by atoms with E-state index in [9.17, 15) is 0 Å². The van der Waals surface area contributed by atoms with Gasteiger partial charge in [0.15, 0.2) is 0 Å². The lowest BCUT2D eigenvalue weighted by atomic mass is 10.6. The fourth-order valence-corrected chi connectivity index (χ4v) is 1.49. The van der Waals surface area contributed by atoms with Gasteiger partial charge < -0.3 is 0 Å². The molecule has 2 nitrogen and oxygen atoms in total. The third-order valence-corrected chi connectivity index (χ3v) is 2.15. The van der Waals surface area contributed by atoms with Crippen LogP contribution in [0.5, 0.6) is 0 Å². The minimum Gasteiger partial charge on any atom is -0.298 e. The molecular formula is C7H6N2S. The molecule has 0 spiro atoms. The van der Waals surface area contributed by atoms with Gasteiger partial charge in [0, 0.05) is 12.4 Å². The van der Waals surface area contributed by atoms with Gasteiger partial charge in [-0.25, -0.2) is 4.98 Å². The van der Waals surface area contributed by atoms with E-state index in [0.29, 0.717) is 0 Å². The predicted octanol–water partition coefficient (Wildman–Crippen LogP) is 1.93. The Hall–Kier alpha value is -1.09. The minimum absolute atomic E-state index is 1.21. The highest BCUT2D eigenvalue weighted by Crippen LogP contribution is 2.13. The zero-order valence-electron chi connectivity index (χ0n) is 5.27. The second-order valence-corrected chi connectivity index (χ2v) is 2.85. The molecule has 0 bridgehead atoms. The molecule has 2 heterocycles. The summed E-state index contributed by atoms with van der Waals surface area (Å²) in [7, 11) is 0. The summed E-state index contributed by atoms with van der Waals surface area (Å²) in [5.74, 6) is 0. The number of nitrogens with zero attached hydrogens (tertiary/aromatic N) is 2. The average Bonchev–Trinajstić information content (AvgIpc) is 2.59. The Morgan fingerprint density at radius 3 is 3.10 bits per heavy atom. The van der Waals surface area contributed by atoms with Gasteiger partial charge in [-0.2, -0.15) is 0 Å². The summed E-state index contributed by atoms with van der Waals surface area (Å²) in [4.78, 5) is 3.95. The number of hydrogen-bond donors (Lipinski definition) is 0. The van der Waals surface area contributed by atoms with Gasteiger partial charge in [0.1, 0.15) is 5.00 Å². The third kappa shape index (κ3) is 0.844. The van der Waals surface area contributed by atoms with Gasteiger partial charge in [-0.1, -0.05) is 0 Å². The summed E-state index contributed by atoms with van der Waals surface area (Å²) in [5, 5.41) is 3.26. The fraction of sp³-hybridized carbons (Fsp3) is 0.